The van der Waals surface area contributed by atoms with Crippen LogP contribution in [0.1, 0.15) is 47.2 Å². The van der Waals surface area contributed by atoms with E-state index in [9.17, 15) is 19.7 Å². The molecule has 0 aliphatic rings. The van der Waals surface area contributed by atoms with E-state index in [1.165, 1.54) is 6.07 Å². The van der Waals surface area contributed by atoms with Gasteiger partial charge < -0.3 is 14.5 Å². The number of esters is 1. The number of hydrogen-bond donors (Lipinski definition) is 1. The van der Waals surface area contributed by atoms with Crippen molar-refractivity contribution in [2.45, 2.75) is 33.3 Å². The van der Waals surface area contributed by atoms with Gasteiger partial charge in [0.2, 0.25) is 0 Å². The van der Waals surface area contributed by atoms with Gasteiger partial charge in [0.1, 0.15) is 21.7 Å². The van der Waals surface area contributed by atoms with Crippen LogP contribution in [0.25, 0.3) is 22.1 Å². The lowest BCUT2D eigenvalue weighted by Crippen LogP contribution is -2.25. The van der Waals surface area contributed by atoms with E-state index in [0.29, 0.717) is 22.3 Å². The second kappa shape index (κ2) is 8.75. The van der Waals surface area contributed by atoms with Gasteiger partial charge in [0, 0.05) is 28.0 Å². The Morgan fingerprint density at radius 1 is 1.12 bits per heavy atom. The zero-order valence-electron chi connectivity index (χ0n) is 19.0. The third-order valence-electron chi connectivity index (χ3n) is 4.99. The molecule has 0 bridgehead atoms. The molecular formula is C25H22N2O6S. The average Bonchev–Trinajstić information content (AvgIpc) is 3.37. The minimum absolute atomic E-state index is 0.0632. The Bertz CT molecular complexity index is 1390. The van der Waals surface area contributed by atoms with Crippen molar-refractivity contribution in [2.24, 2.45) is 0 Å². The monoisotopic (exact) mass is 478 g/mol. The molecule has 0 saturated carbocycles. The van der Waals surface area contributed by atoms with Gasteiger partial charge in [0.05, 0.1) is 4.92 Å². The molecule has 4 aromatic rings. The maximum absolute atomic E-state index is 13.2. The topological polar surface area (TPSA) is 112 Å². The van der Waals surface area contributed by atoms with Crippen LogP contribution in [0.2, 0.25) is 0 Å². The predicted molar refractivity (Wildman–Crippen MR) is 130 cm³/mol. The summed E-state index contributed by atoms with van der Waals surface area (Å²) in [5, 5.41) is 16.9. The number of carbonyl (C=O) groups is 2. The van der Waals surface area contributed by atoms with E-state index in [1.54, 1.807) is 63.4 Å². The zero-order valence-corrected chi connectivity index (χ0v) is 19.8. The van der Waals surface area contributed by atoms with Gasteiger partial charge in [-0.2, -0.15) is 0 Å². The van der Waals surface area contributed by atoms with Gasteiger partial charge >= 0.3 is 5.97 Å². The van der Waals surface area contributed by atoms with Crippen molar-refractivity contribution in [2.75, 3.05) is 5.32 Å². The Labute approximate surface area is 199 Å². The number of aryl methyl sites for hydroxylation is 1. The fourth-order valence-electron chi connectivity index (χ4n) is 3.43. The fourth-order valence-corrected chi connectivity index (χ4v) is 4.38. The fraction of sp³-hybridized carbons (Fsp3) is 0.200. The molecule has 0 spiro atoms. The molecule has 0 aliphatic heterocycles. The number of rotatable bonds is 5. The number of para-hydroxylation sites is 1. The summed E-state index contributed by atoms with van der Waals surface area (Å²) in [7, 11) is 0. The van der Waals surface area contributed by atoms with Crippen molar-refractivity contribution in [3.05, 3.63) is 80.9 Å². The van der Waals surface area contributed by atoms with Gasteiger partial charge in [0.25, 0.3) is 11.6 Å². The molecule has 4 rings (SSSR count). The van der Waals surface area contributed by atoms with E-state index < -0.39 is 22.4 Å². The Morgan fingerprint density at radius 2 is 1.85 bits per heavy atom. The SMILES string of the molecule is Cc1ccc(-c2csc(NC(=O)c3cc4ccccc4o3)c2C(=O)OC(C)(C)C)cc1[N+](=O)[O-]. The minimum Gasteiger partial charge on any atom is -0.456 e. The largest absolute Gasteiger partial charge is 0.456 e. The van der Waals surface area contributed by atoms with Gasteiger partial charge in [-0.1, -0.05) is 30.3 Å². The van der Waals surface area contributed by atoms with Crippen molar-refractivity contribution in [3.63, 3.8) is 0 Å². The number of nitro benzene ring substituents is 1. The summed E-state index contributed by atoms with van der Waals surface area (Å²) in [6.45, 7) is 6.85. The lowest BCUT2D eigenvalue weighted by atomic mass is 10.0. The Kier molecular flexibility index (Phi) is 5.97. The summed E-state index contributed by atoms with van der Waals surface area (Å²) in [6.07, 6.45) is 0. The highest BCUT2D eigenvalue weighted by Gasteiger charge is 2.28. The van der Waals surface area contributed by atoms with E-state index in [4.69, 9.17) is 9.15 Å². The van der Waals surface area contributed by atoms with Crippen molar-refractivity contribution in [3.8, 4) is 11.1 Å². The first kappa shape index (κ1) is 23.2. The third kappa shape index (κ3) is 4.69. The summed E-state index contributed by atoms with van der Waals surface area (Å²) < 4.78 is 11.2. The number of nitro groups is 1. The number of nitrogens with one attached hydrogen (secondary N) is 1. The van der Waals surface area contributed by atoms with Crippen LogP contribution < -0.4 is 5.32 Å². The number of carbonyl (C=O) groups excluding carboxylic acids is 2. The smallest absolute Gasteiger partial charge is 0.342 e. The van der Waals surface area contributed by atoms with Crippen LogP contribution in [0.3, 0.4) is 0 Å². The minimum atomic E-state index is -0.782. The number of fused-ring (bicyclic) bond motifs is 1. The molecule has 9 heteroatoms. The van der Waals surface area contributed by atoms with Gasteiger partial charge in [-0.15, -0.1) is 11.3 Å². The highest BCUT2D eigenvalue weighted by Crippen LogP contribution is 2.39. The quantitative estimate of drug-likeness (QED) is 0.197. The summed E-state index contributed by atoms with van der Waals surface area (Å²) >= 11 is 1.13. The van der Waals surface area contributed by atoms with Crippen LogP contribution >= 0.6 is 11.3 Å². The van der Waals surface area contributed by atoms with Gasteiger partial charge in [-0.05, 0) is 45.4 Å². The molecule has 0 aliphatic carbocycles. The first-order valence-electron chi connectivity index (χ1n) is 10.4. The second-order valence-electron chi connectivity index (χ2n) is 8.72. The van der Waals surface area contributed by atoms with E-state index >= 15 is 0 Å². The maximum Gasteiger partial charge on any atom is 0.342 e. The molecule has 174 valence electrons. The van der Waals surface area contributed by atoms with Crippen molar-refractivity contribution in [1.29, 1.82) is 0 Å². The molecule has 2 aromatic carbocycles. The number of furan rings is 1. The van der Waals surface area contributed by atoms with Crippen LogP contribution in [0.5, 0.6) is 0 Å². The third-order valence-corrected chi connectivity index (χ3v) is 5.88. The molecule has 34 heavy (non-hydrogen) atoms. The van der Waals surface area contributed by atoms with Crippen LogP contribution in [0, 0.1) is 17.0 Å². The van der Waals surface area contributed by atoms with E-state index in [0.717, 1.165) is 16.7 Å². The summed E-state index contributed by atoms with van der Waals surface area (Å²) in [5.74, 6) is -1.08. The summed E-state index contributed by atoms with van der Waals surface area (Å²) in [5.41, 5.74) is 1.26. The first-order chi connectivity index (χ1) is 16.0. The molecule has 1 N–H and O–H groups in total. The Morgan fingerprint density at radius 3 is 2.53 bits per heavy atom. The Balaban J connectivity index is 1.76. The standard InChI is InChI=1S/C25H22N2O6S/c1-14-9-10-15(11-18(14)27(30)31)17-13-34-23(21(17)24(29)33-25(2,3)4)26-22(28)20-12-16-7-5-6-8-19(16)32-20/h5-13H,1-4H3,(H,26,28). The molecular weight excluding hydrogens is 456 g/mol. The predicted octanol–water partition coefficient (Wildman–Crippen LogP) is 6.59. The van der Waals surface area contributed by atoms with Crippen molar-refractivity contribution in [1.82, 2.24) is 0 Å². The first-order valence-corrected chi connectivity index (χ1v) is 11.3. The van der Waals surface area contributed by atoms with E-state index in [1.807, 2.05) is 12.1 Å². The molecule has 2 aromatic heterocycles. The molecule has 8 nitrogen and oxygen atoms in total. The van der Waals surface area contributed by atoms with E-state index in [2.05, 4.69) is 5.32 Å². The number of amides is 1. The molecule has 1 amide bonds. The Hall–Kier alpha value is -3.98. The molecule has 0 radical (unpaired) electrons. The molecule has 2 heterocycles. The summed E-state index contributed by atoms with van der Waals surface area (Å²) in [4.78, 5) is 37.1. The molecule has 0 fully saturated rings. The molecule has 0 atom stereocenters. The number of thiophene rings is 1. The van der Waals surface area contributed by atoms with E-state index in [-0.39, 0.29) is 22.0 Å². The van der Waals surface area contributed by atoms with Gasteiger partial charge in [-0.25, -0.2) is 4.79 Å². The number of benzene rings is 2. The average molecular weight is 479 g/mol. The molecule has 0 unspecified atom stereocenters. The van der Waals surface area contributed by atoms with Crippen LogP contribution in [0.4, 0.5) is 10.7 Å². The van der Waals surface area contributed by atoms with Crippen LogP contribution in [-0.2, 0) is 4.74 Å². The van der Waals surface area contributed by atoms with Crippen molar-refractivity contribution < 1.29 is 23.7 Å². The zero-order chi connectivity index (χ0) is 24.6. The second-order valence-corrected chi connectivity index (χ2v) is 9.60. The van der Waals surface area contributed by atoms with Gasteiger partial charge in [0.15, 0.2) is 5.76 Å². The maximum atomic E-state index is 13.2. The number of nitrogens with zero attached hydrogens (tertiary/aromatic N) is 1. The van der Waals surface area contributed by atoms with Crippen LogP contribution in [0.15, 0.2) is 58.3 Å². The van der Waals surface area contributed by atoms with Crippen LogP contribution in [-0.4, -0.2) is 22.4 Å². The molecule has 0 saturated heterocycles. The lowest BCUT2D eigenvalue weighted by Gasteiger charge is -2.20. The lowest BCUT2D eigenvalue weighted by molar-refractivity contribution is -0.385. The van der Waals surface area contributed by atoms with Gasteiger partial charge in [-0.3, -0.25) is 14.9 Å². The number of anilines is 1. The normalized spacial score (nSPS) is 11.4. The summed E-state index contributed by atoms with van der Waals surface area (Å²) in [6, 6.07) is 13.6. The highest BCUT2D eigenvalue weighted by atomic mass is 32.1. The highest BCUT2D eigenvalue weighted by molar-refractivity contribution is 7.15. The number of ether oxygens (including phenoxy) is 1. The number of hydrogen-bond acceptors (Lipinski definition) is 7. The van der Waals surface area contributed by atoms with Crippen molar-refractivity contribution >= 4 is 44.9 Å².